The number of fused-ring (bicyclic) bond motifs is 1. The number of amides is 2. The fraction of sp³-hybridized carbons (Fsp3) is 0.667. The largest absolute Gasteiger partial charge is 0.377 e. The summed E-state index contributed by atoms with van der Waals surface area (Å²) in [6.45, 7) is 14.3. The standard InChI is InChI=1S/C27H40N4O5/c1-17(2)29-11-13-30(14-12-29)19-9-7-18(8-10-19)25(33)28-24(27(3,4)5)26(34)31-15-21(35-6)23-22(31)20(32)16-36-23/h7-10,17,21-24H,11-16H2,1-6H3,(H,28,33)/t21-,22-,23-,24?/m1/s1. The average molecular weight is 501 g/mol. The molecule has 3 heterocycles. The molecule has 4 rings (SSSR count). The number of methoxy groups -OCH3 is 1. The van der Waals surface area contributed by atoms with Crippen LogP contribution in [0, 0.1) is 5.41 Å². The molecule has 0 aromatic heterocycles. The molecule has 0 bridgehead atoms. The van der Waals surface area contributed by atoms with Crippen LogP contribution in [0.4, 0.5) is 5.69 Å². The molecule has 9 nitrogen and oxygen atoms in total. The molecule has 36 heavy (non-hydrogen) atoms. The van der Waals surface area contributed by atoms with Crippen LogP contribution in [-0.4, -0.2) is 104 Å². The van der Waals surface area contributed by atoms with Crippen molar-refractivity contribution in [3.05, 3.63) is 29.8 Å². The zero-order valence-electron chi connectivity index (χ0n) is 22.3. The maximum atomic E-state index is 13.7. The Hall–Kier alpha value is -2.49. The van der Waals surface area contributed by atoms with Crippen LogP contribution >= 0.6 is 0 Å². The van der Waals surface area contributed by atoms with Crippen LogP contribution in [0.1, 0.15) is 45.0 Å². The lowest BCUT2D eigenvalue weighted by Gasteiger charge is -2.38. The van der Waals surface area contributed by atoms with Gasteiger partial charge in [-0.2, -0.15) is 0 Å². The Balaban J connectivity index is 1.44. The summed E-state index contributed by atoms with van der Waals surface area (Å²) in [5, 5.41) is 2.95. The minimum absolute atomic E-state index is 0.0234. The minimum Gasteiger partial charge on any atom is -0.377 e. The van der Waals surface area contributed by atoms with E-state index in [1.165, 1.54) is 4.90 Å². The lowest BCUT2D eigenvalue weighted by atomic mass is 9.85. The van der Waals surface area contributed by atoms with Crippen molar-refractivity contribution in [1.29, 1.82) is 0 Å². The van der Waals surface area contributed by atoms with Crippen molar-refractivity contribution in [2.75, 3.05) is 51.3 Å². The van der Waals surface area contributed by atoms with Gasteiger partial charge in [-0.25, -0.2) is 0 Å². The third-order valence-corrected chi connectivity index (χ3v) is 7.65. The van der Waals surface area contributed by atoms with E-state index >= 15 is 0 Å². The summed E-state index contributed by atoms with van der Waals surface area (Å²) in [7, 11) is 1.55. The summed E-state index contributed by atoms with van der Waals surface area (Å²) in [5.74, 6) is -0.729. The molecule has 198 valence electrons. The fourth-order valence-electron chi connectivity index (χ4n) is 5.40. The first-order valence-electron chi connectivity index (χ1n) is 12.9. The molecule has 3 aliphatic rings. The quantitative estimate of drug-likeness (QED) is 0.634. The van der Waals surface area contributed by atoms with Gasteiger partial charge in [0.1, 0.15) is 30.9 Å². The second kappa shape index (κ2) is 10.5. The highest BCUT2D eigenvalue weighted by atomic mass is 16.5. The molecule has 1 aromatic rings. The molecule has 1 aromatic carbocycles. The fourth-order valence-corrected chi connectivity index (χ4v) is 5.40. The Kier molecular flexibility index (Phi) is 7.73. The third kappa shape index (κ3) is 5.28. The average Bonchev–Trinajstić information content (AvgIpc) is 3.41. The number of ether oxygens (including phenoxy) is 2. The van der Waals surface area contributed by atoms with E-state index in [1.54, 1.807) is 7.11 Å². The molecule has 0 spiro atoms. The number of rotatable bonds is 6. The zero-order chi connectivity index (χ0) is 26.2. The molecule has 3 saturated heterocycles. The number of Topliss-reactive ketones (excluding diaryl/α,β-unsaturated/α-hetero) is 1. The summed E-state index contributed by atoms with van der Waals surface area (Å²) in [6, 6.07) is 6.63. The van der Waals surface area contributed by atoms with Gasteiger partial charge in [-0.1, -0.05) is 20.8 Å². The summed E-state index contributed by atoms with van der Waals surface area (Å²) in [5.41, 5.74) is 1.02. The van der Waals surface area contributed by atoms with E-state index in [2.05, 4.69) is 29.0 Å². The topological polar surface area (TPSA) is 91.4 Å². The molecule has 3 fully saturated rings. The summed E-state index contributed by atoms with van der Waals surface area (Å²) in [4.78, 5) is 45.7. The van der Waals surface area contributed by atoms with Gasteiger partial charge in [0.2, 0.25) is 5.91 Å². The molecule has 2 amide bonds. The molecule has 0 radical (unpaired) electrons. The number of piperazine rings is 1. The lowest BCUT2D eigenvalue weighted by Crippen LogP contribution is -2.57. The Labute approximate surface area is 214 Å². The molecule has 1 unspecified atom stereocenters. The predicted octanol–water partition coefficient (Wildman–Crippen LogP) is 1.56. The molecule has 0 aliphatic carbocycles. The number of hydrogen-bond acceptors (Lipinski definition) is 7. The monoisotopic (exact) mass is 500 g/mol. The first-order chi connectivity index (χ1) is 17.0. The van der Waals surface area contributed by atoms with Gasteiger partial charge in [-0.3, -0.25) is 19.3 Å². The van der Waals surface area contributed by atoms with Crippen LogP contribution in [-0.2, 0) is 19.1 Å². The second-order valence-electron chi connectivity index (χ2n) is 11.4. The van der Waals surface area contributed by atoms with Gasteiger partial charge in [0, 0.05) is 50.6 Å². The van der Waals surface area contributed by atoms with Gasteiger partial charge in [0.05, 0.1) is 6.54 Å². The minimum atomic E-state index is -0.807. The lowest BCUT2D eigenvalue weighted by molar-refractivity contribution is -0.140. The number of ketones is 1. The molecule has 0 saturated carbocycles. The van der Waals surface area contributed by atoms with Gasteiger partial charge in [0.25, 0.3) is 5.91 Å². The van der Waals surface area contributed by atoms with Gasteiger partial charge in [-0.05, 0) is 43.5 Å². The normalized spacial score (nSPS) is 25.9. The Morgan fingerprint density at radius 2 is 1.72 bits per heavy atom. The Bertz CT molecular complexity index is 965. The number of carbonyl (C=O) groups excluding carboxylic acids is 3. The van der Waals surface area contributed by atoms with E-state index in [9.17, 15) is 14.4 Å². The molecular weight excluding hydrogens is 460 g/mol. The van der Waals surface area contributed by atoms with E-state index in [-0.39, 0.29) is 36.9 Å². The van der Waals surface area contributed by atoms with E-state index in [4.69, 9.17) is 9.47 Å². The van der Waals surface area contributed by atoms with Gasteiger partial charge < -0.3 is 24.6 Å². The van der Waals surface area contributed by atoms with Crippen LogP contribution in [0.25, 0.3) is 0 Å². The van der Waals surface area contributed by atoms with Crippen molar-refractivity contribution in [2.45, 2.75) is 65.0 Å². The summed E-state index contributed by atoms with van der Waals surface area (Å²) >= 11 is 0. The first-order valence-corrected chi connectivity index (χ1v) is 12.9. The number of benzene rings is 1. The summed E-state index contributed by atoms with van der Waals surface area (Å²) < 4.78 is 11.1. The number of nitrogens with one attached hydrogen (secondary N) is 1. The van der Waals surface area contributed by atoms with Crippen LogP contribution in [0.2, 0.25) is 0 Å². The molecule has 1 N–H and O–H groups in total. The van der Waals surface area contributed by atoms with Crippen molar-refractivity contribution < 1.29 is 23.9 Å². The number of nitrogens with zero attached hydrogens (tertiary/aromatic N) is 3. The van der Waals surface area contributed by atoms with E-state index < -0.39 is 23.6 Å². The van der Waals surface area contributed by atoms with Gasteiger partial charge in [-0.15, -0.1) is 0 Å². The van der Waals surface area contributed by atoms with Gasteiger partial charge >= 0.3 is 0 Å². The van der Waals surface area contributed by atoms with Crippen LogP contribution in [0.3, 0.4) is 0 Å². The number of anilines is 1. The van der Waals surface area contributed by atoms with E-state index in [1.807, 2.05) is 45.0 Å². The van der Waals surface area contributed by atoms with Crippen molar-refractivity contribution in [2.24, 2.45) is 5.41 Å². The highest BCUT2D eigenvalue weighted by Crippen LogP contribution is 2.32. The van der Waals surface area contributed by atoms with Gasteiger partial charge in [0.15, 0.2) is 5.78 Å². The van der Waals surface area contributed by atoms with E-state index in [0.717, 1.165) is 31.9 Å². The maximum absolute atomic E-state index is 13.7. The van der Waals surface area contributed by atoms with Crippen LogP contribution in [0.5, 0.6) is 0 Å². The highest BCUT2D eigenvalue weighted by molar-refractivity contribution is 5.99. The van der Waals surface area contributed by atoms with Crippen molar-refractivity contribution in [3.63, 3.8) is 0 Å². The number of hydrogen-bond donors (Lipinski definition) is 1. The second-order valence-corrected chi connectivity index (χ2v) is 11.4. The molecule has 4 atom stereocenters. The molecule has 9 heteroatoms. The smallest absolute Gasteiger partial charge is 0.251 e. The first kappa shape index (κ1) is 26.6. The van der Waals surface area contributed by atoms with Crippen molar-refractivity contribution >= 4 is 23.3 Å². The third-order valence-electron chi connectivity index (χ3n) is 7.65. The molecular formula is C27H40N4O5. The van der Waals surface area contributed by atoms with Crippen molar-refractivity contribution in [1.82, 2.24) is 15.1 Å². The Morgan fingerprint density at radius 3 is 2.28 bits per heavy atom. The highest BCUT2D eigenvalue weighted by Gasteiger charge is 2.54. The number of likely N-dealkylation sites (tertiary alicyclic amines) is 1. The SMILES string of the molecule is CO[C@@H]1CN(C(=O)C(NC(=O)c2ccc(N3CCN(C(C)C)CC3)cc2)C(C)(C)C)[C@@H]2C(=O)CO[C@@H]21. The molecule has 3 aliphatic heterocycles. The zero-order valence-corrected chi connectivity index (χ0v) is 22.3. The van der Waals surface area contributed by atoms with Crippen LogP contribution in [0.15, 0.2) is 24.3 Å². The van der Waals surface area contributed by atoms with Crippen molar-refractivity contribution in [3.8, 4) is 0 Å². The number of carbonyl (C=O) groups is 3. The van der Waals surface area contributed by atoms with Crippen LogP contribution < -0.4 is 10.2 Å². The maximum Gasteiger partial charge on any atom is 0.251 e. The summed E-state index contributed by atoms with van der Waals surface area (Å²) in [6.07, 6.45) is -0.825. The predicted molar refractivity (Wildman–Crippen MR) is 137 cm³/mol. The van der Waals surface area contributed by atoms with E-state index in [0.29, 0.717) is 11.6 Å². The Morgan fingerprint density at radius 1 is 1.08 bits per heavy atom.